The number of hydrogen-bond donors (Lipinski definition) is 0. The van der Waals surface area contributed by atoms with Crippen LogP contribution in [-0.4, -0.2) is 9.54 Å². The largest absolute Gasteiger partial charge is 0.249 e. The van der Waals surface area contributed by atoms with Crippen molar-refractivity contribution in [3.05, 3.63) is 40.8 Å². The molecular weight excluding hydrogens is 284 g/mol. The van der Waals surface area contributed by atoms with Gasteiger partial charge in [0.15, 0.2) is 0 Å². The summed E-state index contributed by atoms with van der Waals surface area (Å²) in [5.74, 6) is 0.418. The van der Waals surface area contributed by atoms with E-state index in [1.54, 1.807) is 0 Å². The summed E-state index contributed by atoms with van der Waals surface area (Å²) in [6.07, 6.45) is 2.06. The highest BCUT2D eigenvalue weighted by Crippen LogP contribution is 2.18. The third kappa shape index (κ3) is 3.87. The van der Waals surface area contributed by atoms with E-state index in [4.69, 9.17) is 0 Å². The Morgan fingerprint density at radius 2 is 1.94 bits per heavy atom. The van der Waals surface area contributed by atoms with Gasteiger partial charge in [-0.3, -0.25) is 0 Å². The Morgan fingerprint density at radius 1 is 1.38 bits per heavy atom. The number of hydrogen-bond acceptors (Lipinski definition) is 1. The number of aryl methyl sites for hydroxylation is 1. The molecule has 0 heterocycles. The first-order valence-electron chi connectivity index (χ1n) is 5.29. The van der Waals surface area contributed by atoms with Crippen LogP contribution in [0.1, 0.15) is 19.4 Å². The highest BCUT2D eigenvalue weighted by atomic mass is 79.9. The molecule has 1 rings (SSSR count). The Kier molecular flexibility index (Phi) is 5.42. The van der Waals surface area contributed by atoms with Crippen molar-refractivity contribution in [1.82, 2.24) is 0 Å². The number of allylic oxidation sites excluding steroid dienone is 2. The molecule has 0 amide bonds. The zero-order chi connectivity index (χ0) is 12.1. The number of rotatable bonds is 4. The van der Waals surface area contributed by atoms with Crippen molar-refractivity contribution < 1.29 is 4.21 Å². The summed E-state index contributed by atoms with van der Waals surface area (Å²) < 4.78 is 12.2. The number of halogens is 1. The molecular formula is C13H17BrOS. The lowest BCUT2D eigenvalue weighted by Gasteiger charge is -2.06. The van der Waals surface area contributed by atoms with Crippen LogP contribution in [0.25, 0.3) is 0 Å². The molecule has 1 aromatic rings. The zero-order valence-corrected chi connectivity index (χ0v) is 12.3. The van der Waals surface area contributed by atoms with E-state index in [1.165, 1.54) is 5.56 Å². The third-order valence-electron chi connectivity index (χ3n) is 2.12. The van der Waals surface area contributed by atoms with Crippen LogP contribution in [0.2, 0.25) is 0 Å². The fraction of sp³-hybridized carbons (Fsp3) is 0.385. The fourth-order valence-electron chi connectivity index (χ4n) is 1.34. The van der Waals surface area contributed by atoms with Gasteiger partial charge in [0.05, 0.1) is 10.8 Å². The summed E-state index contributed by atoms with van der Waals surface area (Å²) in [6.45, 7) is 6.21. The average Bonchev–Trinajstić information content (AvgIpc) is 2.25. The van der Waals surface area contributed by atoms with Crippen LogP contribution in [0.4, 0.5) is 0 Å². The van der Waals surface area contributed by atoms with E-state index in [9.17, 15) is 4.21 Å². The molecule has 0 bridgehead atoms. The van der Waals surface area contributed by atoms with Crippen LogP contribution in [-0.2, 0) is 10.8 Å². The molecule has 0 saturated heterocycles. The van der Waals surface area contributed by atoms with Crippen molar-refractivity contribution in [3.8, 4) is 0 Å². The summed E-state index contributed by atoms with van der Waals surface area (Å²) in [5, 5.41) is 0.658. The first-order chi connectivity index (χ1) is 7.54. The lowest BCUT2D eigenvalue weighted by Crippen LogP contribution is -1.99. The second-order valence-corrected chi connectivity index (χ2v) is 6.19. The van der Waals surface area contributed by atoms with Crippen LogP contribution >= 0.6 is 15.9 Å². The van der Waals surface area contributed by atoms with Gasteiger partial charge in [0.25, 0.3) is 0 Å². The van der Waals surface area contributed by atoms with Gasteiger partial charge < -0.3 is 0 Å². The lowest BCUT2D eigenvalue weighted by molar-refractivity contribution is 0.686. The smallest absolute Gasteiger partial charge is 0.0813 e. The van der Waals surface area contributed by atoms with Gasteiger partial charge in [-0.05, 0) is 25.0 Å². The molecule has 0 aliphatic heterocycles. The molecule has 0 aliphatic carbocycles. The predicted octanol–water partition coefficient (Wildman–Crippen LogP) is 4.04. The Morgan fingerprint density at radius 3 is 2.38 bits per heavy atom. The van der Waals surface area contributed by atoms with Crippen molar-refractivity contribution in [1.29, 1.82) is 0 Å². The normalized spacial score (nSPS) is 14.2. The first-order valence-corrected chi connectivity index (χ1v) is 7.57. The highest BCUT2D eigenvalue weighted by molar-refractivity contribution is 9.09. The Balaban J connectivity index is 2.96. The minimum atomic E-state index is -1.04. The standard InChI is InChI=1S/C13H17BrOS/c1-10(2)8-13(9-14)16(15)12-6-4-11(3)5-7-12/h4-8,10H,9H2,1-3H3/b13-8+. The molecule has 0 N–H and O–H groups in total. The Labute approximate surface area is 109 Å². The minimum Gasteiger partial charge on any atom is -0.249 e. The van der Waals surface area contributed by atoms with Crippen molar-refractivity contribution in [2.24, 2.45) is 5.92 Å². The van der Waals surface area contributed by atoms with Crippen molar-refractivity contribution in [2.75, 3.05) is 5.33 Å². The van der Waals surface area contributed by atoms with Crippen molar-refractivity contribution in [3.63, 3.8) is 0 Å². The molecule has 0 radical (unpaired) electrons. The van der Waals surface area contributed by atoms with E-state index in [-0.39, 0.29) is 0 Å². The summed E-state index contributed by atoms with van der Waals surface area (Å²) >= 11 is 3.40. The van der Waals surface area contributed by atoms with Gasteiger partial charge in [0.1, 0.15) is 0 Å². The van der Waals surface area contributed by atoms with Crippen molar-refractivity contribution in [2.45, 2.75) is 25.7 Å². The first kappa shape index (κ1) is 13.7. The highest BCUT2D eigenvalue weighted by Gasteiger charge is 2.09. The number of benzene rings is 1. The molecule has 1 unspecified atom stereocenters. The van der Waals surface area contributed by atoms with Crippen LogP contribution in [0.5, 0.6) is 0 Å². The Bertz CT molecular complexity index is 393. The van der Waals surface area contributed by atoms with Crippen LogP contribution in [0, 0.1) is 12.8 Å². The lowest BCUT2D eigenvalue weighted by atomic mass is 10.2. The fourth-order valence-corrected chi connectivity index (χ4v) is 3.33. The molecule has 0 aromatic heterocycles. The van der Waals surface area contributed by atoms with Gasteiger partial charge >= 0.3 is 0 Å². The molecule has 0 fully saturated rings. The van der Waals surface area contributed by atoms with Gasteiger partial charge in [-0.15, -0.1) is 0 Å². The Hall–Kier alpha value is -0.410. The van der Waals surface area contributed by atoms with Crippen molar-refractivity contribution >= 4 is 26.7 Å². The van der Waals surface area contributed by atoms with Crippen LogP contribution in [0.15, 0.2) is 40.1 Å². The van der Waals surface area contributed by atoms with Gasteiger partial charge in [-0.1, -0.05) is 53.5 Å². The third-order valence-corrected chi connectivity index (χ3v) is 4.56. The van der Waals surface area contributed by atoms with E-state index in [2.05, 4.69) is 35.9 Å². The summed E-state index contributed by atoms with van der Waals surface area (Å²) in [5.41, 5.74) is 1.19. The minimum absolute atomic E-state index is 0.418. The van der Waals surface area contributed by atoms with Gasteiger partial charge in [0.2, 0.25) is 0 Å². The topological polar surface area (TPSA) is 17.1 Å². The van der Waals surface area contributed by atoms with E-state index in [1.807, 2.05) is 31.2 Å². The molecule has 88 valence electrons. The predicted molar refractivity (Wildman–Crippen MR) is 74.3 cm³/mol. The molecule has 16 heavy (non-hydrogen) atoms. The summed E-state index contributed by atoms with van der Waals surface area (Å²) in [6, 6.07) is 7.85. The second kappa shape index (κ2) is 6.36. The summed E-state index contributed by atoms with van der Waals surface area (Å²) in [7, 11) is -1.04. The zero-order valence-electron chi connectivity index (χ0n) is 9.87. The van der Waals surface area contributed by atoms with E-state index in [0.29, 0.717) is 11.2 Å². The van der Waals surface area contributed by atoms with Gasteiger partial charge in [0, 0.05) is 15.1 Å². The molecule has 3 heteroatoms. The molecule has 1 atom stereocenters. The van der Waals surface area contributed by atoms with Crippen LogP contribution in [0.3, 0.4) is 0 Å². The molecule has 0 spiro atoms. The maximum Gasteiger partial charge on any atom is 0.0813 e. The van der Waals surface area contributed by atoms with Gasteiger partial charge in [-0.25, -0.2) is 4.21 Å². The average molecular weight is 301 g/mol. The van der Waals surface area contributed by atoms with Crippen LogP contribution < -0.4 is 0 Å². The molecule has 0 aliphatic rings. The van der Waals surface area contributed by atoms with E-state index >= 15 is 0 Å². The monoisotopic (exact) mass is 300 g/mol. The molecule has 0 saturated carbocycles. The maximum atomic E-state index is 12.2. The summed E-state index contributed by atoms with van der Waals surface area (Å²) in [4.78, 5) is 1.82. The van der Waals surface area contributed by atoms with E-state index < -0.39 is 10.8 Å². The molecule has 1 aromatic carbocycles. The quantitative estimate of drug-likeness (QED) is 0.767. The van der Waals surface area contributed by atoms with Gasteiger partial charge in [-0.2, -0.15) is 0 Å². The number of alkyl halides is 1. The second-order valence-electron chi connectivity index (χ2n) is 4.09. The molecule has 1 nitrogen and oxygen atoms in total. The maximum absolute atomic E-state index is 12.2. The van der Waals surface area contributed by atoms with E-state index in [0.717, 1.165) is 9.80 Å². The SMILES string of the molecule is Cc1ccc(S(=O)/C(=C/C(C)C)CBr)cc1.